The van der Waals surface area contributed by atoms with Crippen LogP contribution in [0.3, 0.4) is 0 Å². The Morgan fingerprint density at radius 2 is 2.19 bits per heavy atom. The molecule has 21 heavy (non-hydrogen) atoms. The Morgan fingerprint density at radius 3 is 3.10 bits per heavy atom. The molecule has 4 rings (SSSR count). The molecular weight excluding hydrogens is 286 g/mol. The van der Waals surface area contributed by atoms with Crippen molar-refractivity contribution in [2.45, 2.75) is 25.7 Å². The molecule has 0 saturated heterocycles. The van der Waals surface area contributed by atoms with Gasteiger partial charge in [0.25, 0.3) is 5.91 Å². The molecule has 2 aromatic rings. The zero-order chi connectivity index (χ0) is 14.2. The number of anilines is 3. The number of carbonyl (C=O) groups is 1. The number of amides is 1. The highest BCUT2D eigenvalue weighted by Crippen LogP contribution is 2.34. The van der Waals surface area contributed by atoms with Crippen LogP contribution in [0.15, 0.2) is 18.2 Å². The molecule has 2 aliphatic rings. The third-order valence-corrected chi connectivity index (χ3v) is 4.78. The molecule has 6 heteroatoms. The monoisotopic (exact) mass is 301 g/mol. The van der Waals surface area contributed by atoms with Crippen LogP contribution in [0.1, 0.15) is 23.4 Å². The number of aryl methyl sites for hydroxylation is 2. The van der Waals surface area contributed by atoms with Crippen LogP contribution in [0.4, 0.5) is 16.5 Å². The zero-order valence-corrected chi connectivity index (χ0v) is 12.3. The van der Waals surface area contributed by atoms with Gasteiger partial charge < -0.3 is 15.4 Å². The summed E-state index contributed by atoms with van der Waals surface area (Å²) in [4.78, 5) is 17.4. The molecule has 5 nitrogen and oxygen atoms in total. The third kappa shape index (κ3) is 2.47. The van der Waals surface area contributed by atoms with Crippen molar-refractivity contribution in [2.75, 3.05) is 17.2 Å². The Kier molecular flexibility index (Phi) is 3.03. The summed E-state index contributed by atoms with van der Waals surface area (Å²) in [5, 5.41) is 7.06. The van der Waals surface area contributed by atoms with E-state index in [1.807, 2.05) is 18.2 Å². The first-order valence-corrected chi connectivity index (χ1v) is 7.92. The molecule has 1 aliphatic carbocycles. The maximum Gasteiger partial charge on any atom is 0.262 e. The molecule has 2 heterocycles. The number of aromatic nitrogens is 1. The Hall–Kier alpha value is -2.08. The molecule has 1 aliphatic heterocycles. The van der Waals surface area contributed by atoms with Gasteiger partial charge in [-0.25, -0.2) is 4.98 Å². The van der Waals surface area contributed by atoms with Crippen LogP contribution in [0.25, 0.3) is 0 Å². The van der Waals surface area contributed by atoms with Gasteiger partial charge in [-0.1, -0.05) is 0 Å². The van der Waals surface area contributed by atoms with Gasteiger partial charge in [-0.3, -0.25) is 4.79 Å². The van der Waals surface area contributed by atoms with Crippen LogP contribution in [-0.2, 0) is 17.6 Å². The summed E-state index contributed by atoms with van der Waals surface area (Å²) < 4.78 is 5.35. The Bertz CT molecular complexity index is 687. The van der Waals surface area contributed by atoms with Gasteiger partial charge in [0.15, 0.2) is 11.7 Å². The fraction of sp³-hybridized carbons (Fsp3) is 0.333. The number of nitrogens with zero attached hydrogens (tertiary/aromatic N) is 1. The molecule has 1 aromatic carbocycles. The second-order valence-corrected chi connectivity index (χ2v) is 6.35. The number of rotatable bonds is 2. The summed E-state index contributed by atoms with van der Waals surface area (Å²) in [6, 6.07) is 5.69. The van der Waals surface area contributed by atoms with E-state index in [4.69, 9.17) is 4.74 Å². The molecule has 0 unspecified atom stereocenters. The van der Waals surface area contributed by atoms with Crippen molar-refractivity contribution in [3.05, 3.63) is 28.8 Å². The lowest BCUT2D eigenvalue weighted by Gasteiger charge is -2.18. The van der Waals surface area contributed by atoms with Crippen molar-refractivity contribution in [1.82, 2.24) is 4.98 Å². The molecule has 0 radical (unpaired) electrons. The third-order valence-electron chi connectivity index (χ3n) is 3.71. The van der Waals surface area contributed by atoms with Crippen LogP contribution in [0.5, 0.6) is 5.75 Å². The summed E-state index contributed by atoms with van der Waals surface area (Å²) in [6.07, 6.45) is 4.72. The maximum absolute atomic E-state index is 11.4. The van der Waals surface area contributed by atoms with Gasteiger partial charge in [0, 0.05) is 10.6 Å². The number of benzene rings is 1. The number of ether oxygens (including phenoxy) is 1. The largest absolute Gasteiger partial charge is 0.482 e. The fourth-order valence-corrected chi connectivity index (χ4v) is 3.76. The summed E-state index contributed by atoms with van der Waals surface area (Å²) in [6.45, 7) is 0.0823. The van der Waals surface area contributed by atoms with E-state index >= 15 is 0 Å². The quantitative estimate of drug-likeness (QED) is 0.894. The lowest BCUT2D eigenvalue weighted by atomic mass is 10.0. The predicted molar refractivity (Wildman–Crippen MR) is 82.6 cm³/mol. The van der Waals surface area contributed by atoms with Crippen LogP contribution >= 0.6 is 11.3 Å². The number of carbonyl (C=O) groups excluding carboxylic acids is 1. The van der Waals surface area contributed by atoms with E-state index in [9.17, 15) is 4.79 Å². The highest BCUT2D eigenvalue weighted by atomic mass is 32.1. The van der Waals surface area contributed by atoms with E-state index in [1.54, 1.807) is 11.3 Å². The molecule has 0 atom stereocenters. The molecule has 108 valence electrons. The van der Waals surface area contributed by atoms with Gasteiger partial charge in [0.1, 0.15) is 5.75 Å². The van der Waals surface area contributed by atoms with Crippen molar-refractivity contribution in [1.29, 1.82) is 0 Å². The average molecular weight is 301 g/mol. The van der Waals surface area contributed by atoms with Gasteiger partial charge in [-0.05, 0) is 43.9 Å². The zero-order valence-electron chi connectivity index (χ0n) is 11.4. The fourth-order valence-electron chi connectivity index (χ4n) is 2.69. The van der Waals surface area contributed by atoms with E-state index < -0.39 is 0 Å². The van der Waals surface area contributed by atoms with Gasteiger partial charge in [-0.2, -0.15) is 0 Å². The maximum atomic E-state index is 11.4. The van der Waals surface area contributed by atoms with Crippen LogP contribution in [0, 0.1) is 0 Å². The minimum atomic E-state index is -0.121. The molecule has 0 spiro atoms. The smallest absolute Gasteiger partial charge is 0.262 e. The summed E-state index contributed by atoms with van der Waals surface area (Å²) >= 11 is 1.73. The second-order valence-electron chi connectivity index (χ2n) is 5.27. The highest BCUT2D eigenvalue weighted by molar-refractivity contribution is 7.15. The van der Waals surface area contributed by atoms with Gasteiger partial charge in [0.2, 0.25) is 0 Å². The van der Waals surface area contributed by atoms with E-state index in [0.29, 0.717) is 11.4 Å². The Balaban J connectivity index is 1.58. The van der Waals surface area contributed by atoms with Crippen LogP contribution < -0.4 is 15.4 Å². The van der Waals surface area contributed by atoms with Crippen LogP contribution in [-0.4, -0.2) is 17.5 Å². The van der Waals surface area contributed by atoms with Crippen molar-refractivity contribution >= 4 is 33.8 Å². The van der Waals surface area contributed by atoms with Crippen molar-refractivity contribution in [3.63, 3.8) is 0 Å². The van der Waals surface area contributed by atoms with Gasteiger partial charge in [-0.15, -0.1) is 11.3 Å². The minimum absolute atomic E-state index is 0.0823. The number of fused-ring (bicyclic) bond motifs is 2. The number of hydrogen-bond donors (Lipinski definition) is 2. The molecule has 0 bridgehead atoms. The van der Waals surface area contributed by atoms with Gasteiger partial charge in [0.05, 0.1) is 11.4 Å². The van der Waals surface area contributed by atoms with Gasteiger partial charge >= 0.3 is 0 Å². The van der Waals surface area contributed by atoms with E-state index in [0.717, 1.165) is 23.7 Å². The van der Waals surface area contributed by atoms with E-state index in [2.05, 4.69) is 15.6 Å². The molecule has 0 fully saturated rings. The Morgan fingerprint density at radius 1 is 1.29 bits per heavy atom. The van der Waals surface area contributed by atoms with Crippen molar-refractivity contribution < 1.29 is 9.53 Å². The average Bonchev–Trinajstić information content (AvgIpc) is 2.89. The summed E-state index contributed by atoms with van der Waals surface area (Å²) in [7, 11) is 0. The topological polar surface area (TPSA) is 63.2 Å². The summed E-state index contributed by atoms with van der Waals surface area (Å²) in [5.74, 6) is 0.586. The lowest BCUT2D eigenvalue weighted by molar-refractivity contribution is -0.118. The van der Waals surface area contributed by atoms with Crippen LogP contribution in [0.2, 0.25) is 0 Å². The Labute approximate surface area is 126 Å². The number of nitrogens with one attached hydrogen (secondary N) is 2. The molecular formula is C15H15N3O2S. The van der Waals surface area contributed by atoms with Crippen molar-refractivity contribution in [3.8, 4) is 5.75 Å². The minimum Gasteiger partial charge on any atom is -0.482 e. The SMILES string of the molecule is O=C1COc2ccc(Nc3nc4c(s3)CCCC4)cc2N1. The predicted octanol–water partition coefficient (Wildman–Crippen LogP) is 3.10. The first kappa shape index (κ1) is 12.6. The highest BCUT2D eigenvalue weighted by Gasteiger charge is 2.18. The normalized spacial score (nSPS) is 16.5. The van der Waals surface area contributed by atoms with Crippen molar-refractivity contribution in [2.24, 2.45) is 0 Å². The first-order valence-electron chi connectivity index (χ1n) is 7.10. The lowest BCUT2D eigenvalue weighted by Crippen LogP contribution is -2.25. The summed E-state index contributed by atoms with van der Waals surface area (Å²) in [5.41, 5.74) is 2.85. The molecule has 1 amide bonds. The number of hydrogen-bond acceptors (Lipinski definition) is 5. The molecule has 2 N–H and O–H groups in total. The van der Waals surface area contributed by atoms with E-state index in [1.165, 1.54) is 23.4 Å². The molecule has 0 saturated carbocycles. The second kappa shape index (κ2) is 5.04. The first-order chi connectivity index (χ1) is 10.3. The molecule has 1 aromatic heterocycles. The standard InChI is InChI=1S/C15H15N3O2S/c19-14-8-20-12-6-5-9(7-11(12)17-14)16-15-18-10-3-1-2-4-13(10)21-15/h5-7H,1-4,8H2,(H,16,18)(H,17,19). The number of thiazole rings is 1. The van der Waals surface area contributed by atoms with E-state index in [-0.39, 0.29) is 12.5 Å².